The van der Waals surface area contributed by atoms with Crippen LogP contribution in [-0.2, 0) is 11.2 Å². The zero-order valence-corrected chi connectivity index (χ0v) is 18.8. The molecule has 32 heavy (non-hydrogen) atoms. The van der Waals surface area contributed by atoms with E-state index in [2.05, 4.69) is 6.07 Å². The second kappa shape index (κ2) is 10.4. The first-order valence-corrected chi connectivity index (χ1v) is 11.9. The highest BCUT2D eigenvalue weighted by Crippen LogP contribution is 2.39. The maximum absolute atomic E-state index is 14.8. The molecule has 168 valence electrons. The van der Waals surface area contributed by atoms with Crippen LogP contribution in [0.4, 0.5) is 4.39 Å². The van der Waals surface area contributed by atoms with Gasteiger partial charge < -0.3 is 5.11 Å². The van der Waals surface area contributed by atoms with Gasteiger partial charge in [-0.1, -0.05) is 50.5 Å². The normalized spacial score (nSPS) is 15.7. The molecule has 1 heterocycles. The number of aliphatic hydroxyl groups is 1. The Labute approximate surface area is 189 Å². The molecule has 1 aliphatic rings. The molecular formula is C28H32FNO2. The Morgan fingerprint density at radius 3 is 2.62 bits per heavy atom. The van der Waals surface area contributed by atoms with Gasteiger partial charge in [0.25, 0.3) is 0 Å². The molecule has 1 unspecified atom stereocenters. The number of hydrogen-bond donors (Lipinski definition) is 1. The van der Waals surface area contributed by atoms with Crippen molar-refractivity contribution in [2.24, 2.45) is 0 Å². The van der Waals surface area contributed by atoms with E-state index in [1.807, 2.05) is 37.3 Å². The minimum Gasteiger partial charge on any atom is -0.393 e. The molecule has 4 rings (SSSR count). The Morgan fingerprint density at radius 1 is 1.09 bits per heavy atom. The van der Waals surface area contributed by atoms with E-state index < -0.39 is 6.10 Å². The van der Waals surface area contributed by atoms with Crippen molar-refractivity contribution in [3.63, 3.8) is 0 Å². The molecule has 2 aromatic carbocycles. The van der Waals surface area contributed by atoms with Crippen molar-refractivity contribution >= 4 is 16.7 Å². The predicted octanol–water partition coefficient (Wildman–Crippen LogP) is 6.75. The standard InChI is InChI=1S/C28H32FNO2/c1-2-22(31)13-14-23(32)17-19-12-15-27-21(16-19)18-25(24-10-6-7-11-26(24)29)28(30-27)20-8-4-3-5-9-20/h6-7,10-12,15-16,18,20,22,31H,2-5,8-9,13-14,17H2,1H3. The number of carbonyl (C=O) groups is 1. The second-order valence-corrected chi connectivity index (χ2v) is 9.08. The van der Waals surface area contributed by atoms with E-state index in [9.17, 15) is 14.3 Å². The third kappa shape index (κ3) is 5.24. The molecule has 0 radical (unpaired) electrons. The summed E-state index contributed by atoms with van der Waals surface area (Å²) >= 11 is 0. The van der Waals surface area contributed by atoms with Crippen molar-refractivity contribution in [3.8, 4) is 11.1 Å². The lowest BCUT2D eigenvalue weighted by Gasteiger charge is -2.24. The fourth-order valence-electron chi connectivity index (χ4n) is 4.78. The van der Waals surface area contributed by atoms with Crippen molar-refractivity contribution in [1.82, 2.24) is 4.98 Å². The lowest BCUT2D eigenvalue weighted by atomic mass is 9.83. The minimum absolute atomic E-state index is 0.123. The lowest BCUT2D eigenvalue weighted by Crippen LogP contribution is -2.10. The van der Waals surface area contributed by atoms with Gasteiger partial charge in [-0.15, -0.1) is 0 Å². The number of hydrogen-bond acceptors (Lipinski definition) is 3. The number of nitrogens with zero attached hydrogens (tertiary/aromatic N) is 1. The van der Waals surface area contributed by atoms with E-state index in [-0.39, 0.29) is 11.6 Å². The van der Waals surface area contributed by atoms with Crippen LogP contribution in [0.1, 0.15) is 75.5 Å². The summed E-state index contributed by atoms with van der Waals surface area (Å²) < 4.78 is 14.8. The van der Waals surface area contributed by atoms with Crippen LogP contribution in [0, 0.1) is 5.82 Å². The van der Waals surface area contributed by atoms with Gasteiger partial charge in [0.1, 0.15) is 11.6 Å². The zero-order valence-electron chi connectivity index (χ0n) is 18.8. The average molecular weight is 434 g/mol. The molecule has 0 amide bonds. The number of aliphatic hydroxyl groups excluding tert-OH is 1. The monoisotopic (exact) mass is 433 g/mol. The summed E-state index contributed by atoms with van der Waals surface area (Å²) in [4.78, 5) is 17.4. The number of rotatable bonds is 8. The van der Waals surface area contributed by atoms with Crippen LogP contribution in [0.3, 0.4) is 0 Å². The Balaban J connectivity index is 1.68. The van der Waals surface area contributed by atoms with Crippen LogP contribution in [-0.4, -0.2) is 22.0 Å². The van der Waals surface area contributed by atoms with E-state index in [1.54, 1.807) is 6.07 Å². The lowest BCUT2D eigenvalue weighted by molar-refractivity contribution is -0.119. The molecule has 0 saturated heterocycles. The first-order chi connectivity index (χ1) is 15.5. The van der Waals surface area contributed by atoms with Crippen molar-refractivity contribution in [1.29, 1.82) is 0 Å². The first kappa shape index (κ1) is 22.6. The van der Waals surface area contributed by atoms with Crippen molar-refractivity contribution < 1.29 is 14.3 Å². The highest BCUT2D eigenvalue weighted by Gasteiger charge is 2.23. The van der Waals surface area contributed by atoms with Gasteiger partial charge in [-0.2, -0.15) is 0 Å². The number of fused-ring (bicyclic) bond motifs is 1. The van der Waals surface area contributed by atoms with Crippen LogP contribution >= 0.6 is 0 Å². The largest absolute Gasteiger partial charge is 0.393 e. The van der Waals surface area contributed by atoms with Crippen molar-refractivity contribution in [2.75, 3.05) is 0 Å². The molecule has 0 bridgehead atoms. The minimum atomic E-state index is -0.415. The molecule has 1 aliphatic carbocycles. The van der Waals surface area contributed by atoms with Crippen LogP contribution in [0.25, 0.3) is 22.0 Å². The second-order valence-electron chi connectivity index (χ2n) is 9.08. The molecule has 3 nitrogen and oxygen atoms in total. The van der Waals surface area contributed by atoms with E-state index in [0.29, 0.717) is 37.2 Å². The fourth-order valence-corrected chi connectivity index (χ4v) is 4.78. The summed E-state index contributed by atoms with van der Waals surface area (Å²) in [6.45, 7) is 1.92. The van der Waals surface area contributed by atoms with E-state index in [4.69, 9.17) is 4.98 Å². The molecular weight excluding hydrogens is 401 g/mol. The molecule has 3 aromatic rings. The fraction of sp³-hybridized carbons (Fsp3) is 0.429. The molecule has 1 N–H and O–H groups in total. The van der Waals surface area contributed by atoms with Gasteiger partial charge in [-0.3, -0.25) is 9.78 Å². The van der Waals surface area contributed by atoms with Gasteiger partial charge in [-0.05, 0) is 55.5 Å². The number of benzene rings is 2. The SMILES string of the molecule is CCC(O)CCC(=O)Cc1ccc2nc(C3CCCCC3)c(-c3ccccc3F)cc2c1. The number of halogens is 1. The number of aromatic nitrogens is 1. The number of Topliss-reactive ketones (excluding diaryl/α,β-unsaturated/α-hetero) is 1. The summed E-state index contributed by atoms with van der Waals surface area (Å²) in [6.07, 6.45) is 7.30. The molecule has 0 aliphatic heterocycles. The summed E-state index contributed by atoms with van der Waals surface area (Å²) in [6, 6.07) is 14.9. The number of carbonyl (C=O) groups excluding carboxylic acids is 1. The topological polar surface area (TPSA) is 50.2 Å². The summed E-state index contributed by atoms with van der Waals surface area (Å²) in [5.41, 5.74) is 4.29. The maximum atomic E-state index is 14.8. The van der Waals surface area contributed by atoms with Gasteiger partial charge in [0.2, 0.25) is 0 Å². The molecule has 1 aromatic heterocycles. The predicted molar refractivity (Wildman–Crippen MR) is 127 cm³/mol. The molecule has 0 spiro atoms. The van der Waals surface area contributed by atoms with E-state index in [1.165, 1.54) is 25.3 Å². The Hall–Kier alpha value is -2.59. The highest BCUT2D eigenvalue weighted by atomic mass is 19.1. The van der Waals surface area contributed by atoms with E-state index >= 15 is 0 Å². The van der Waals surface area contributed by atoms with Crippen LogP contribution in [0.2, 0.25) is 0 Å². The van der Waals surface area contributed by atoms with Gasteiger partial charge in [-0.25, -0.2) is 4.39 Å². The Kier molecular flexibility index (Phi) is 7.31. The van der Waals surface area contributed by atoms with Crippen LogP contribution in [0.5, 0.6) is 0 Å². The van der Waals surface area contributed by atoms with Gasteiger partial charge in [0, 0.05) is 35.3 Å². The average Bonchev–Trinajstić information content (AvgIpc) is 2.82. The molecule has 4 heteroatoms. The Bertz CT molecular complexity index is 1090. The molecule has 1 atom stereocenters. The summed E-state index contributed by atoms with van der Waals surface area (Å²) in [5.74, 6) is 0.249. The quantitative estimate of drug-likeness (QED) is 0.427. The van der Waals surface area contributed by atoms with Crippen molar-refractivity contribution in [3.05, 3.63) is 65.6 Å². The summed E-state index contributed by atoms with van der Waals surface area (Å²) in [7, 11) is 0. The Morgan fingerprint density at radius 2 is 1.88 bits per heavy atom. The third-order valence-electron chi connectivity index (χ3n) is 6.69. The van der Waals surface area contributed by atoms with Crippen LogP contribution in [0.15, 0.2) is 48.5 Å². The third-order valence-corrected chi connectivity index (χ3v) is 6.69. The highest BCUT2D eigenvalue weighted by molar-refractivity contribution is 5.88. The van der Waals surface area contributed by atoms with Gasteiger partial charge >= 0.3 is 0 Å². The number of pyridine rings is 1. The smallest absolute Gasteiger partial charge is 0.137 e. The number of ketones is 1. The summed E-state index contributed by atoms with van der Waals surface area (Å²) in [5, 5.41) is 10.6. The molecule has 1 fully saturated rings. The first-order valence-electron chi connectivity index (χ1n) is 11.9. The van der Waals surface area contributed by atoms with Gasteiger partial charge in [0.05, 0.1) is 17.3 Å². The van der Waals surface area contributed by atoms with E-state index in [0.717, 1.165) is 40.6 Å². The maximum Gasteiger partial charge on any atom is 0.137 e. The van der Waals surface area contributed by atoms with Crippen molar-refractivity contribution in [2.45, 2.75) is 76.7 Å². The van der Waals surface area contributed by atoms with Crippen LogP contribution < -0.4 is 0 Å². The van der Waals surface area contributed by atoms with Gasteiger partial charge in [0.15, 0.2) is 0 Å². The zero-order chi connectivity index (χ0) is 22.5. The molecule has 1 saturated carbocycles.